The Morgan fingerprint density at radius 1 is 1.29 bits per heavy atom. The fraction of sp³-hybridized carbons (Fsp3) is 0.917. The summed E-state index contributed by atoms with van der Waals surface area (Å²) in [6, 6.07) is 0. The Balaban J connectivity index is 1.59. The van der Waals surface area contributed by atoms with Gasteiger partial charge in [-0.2, -0.15) is 0 Å². The molecule has 2 aliphatic heterocycles. The Hall–Kier alpha value is -0.650. The van der Waals surface area contributed by atoms with Gasteiger partial charge in [0.2, 0.25) is 5.91 Å². The molecule has 0 spiro atoms. The highest BCUT2D eigenvalue weighted by Gasteiger charge is 2.20. The zero-order chi connectivity index (χ0) is 12.1. The predicted molar refractivity (Wildman–Crippen MR) is 63.7 cm³/mol. The number of rotatable bonds is 4. The Kier molecular flexibility index (Phi) is 4.76. The van der Waals surface area contributed by atoms with Gasteiger partial charge in [0.05, 0.1) is 19.3 Å². The molecule has 0 aromatic heterocycles. The molecule has 2 fully saturated rings. The molecular weight excluding hydrogens is 220 g/mol. The molecule has 0 radical (unpaired) electrons. The minimum atomic E-state index is -0.162. The van der Waals surface area contributed by atoms with Crippen molar-refractivity contribution < 1.29 is 14.6 Å². The lowest BCUT2D eigenvalue weighted by Crippen LogP contribution is -2.40. The molecule has 17 heavy (non-hydrogen) atoms. The number of aliphatic hydroxyl groups is 1. The SMILES string of the molecule is O=C(CCCN1CC[C@@H](O)C1)N1CCOCC1. The van der Waals surface area contributed by atoms with Crippen molar-refractivity contribution >= 4 is 5.91 Å². The van der Waals surface area contributed by atoms with Crippen LogP contribution in [0.2, 0.25) is 0 Å². The largest absolute Gasteiger partial charge is 0.392 e. The average molecular weight is 242 g/mol. The molecule has 1 amide bonds. The van der Waals surface area contributed by atoms with E-state index < -0.39 is 0 Å². The highest BCUT2D eigenvalue weighted by atomic mass is 16.5. The summed E-state index contributed by atoms with van der Waals surface area (Å²) in [6.07, 6.45) is 2.22. The van der Waals surface area contributed by atoms with Crippen LogP contribution in [0.15, 0.2) is 0 Å². The first-order chi connectivity index (χ1) is 8.25. The molecule has 1 N–H and O–H groups in total. The van der Waals surface area contributed by atoms with Crippen LogP contribution in [0, 0.1) is 0 Å². The number of morpholine rings is 1. The average Bonchev–Trinajstić information content (AvgIpc) is 2.76. The summed E-state index contributed by atoms with van der Waals surface area (Å²) in [7, 11) is 0. The molecule has 2 heterocycles. The second kappa shape index (κ2) is 6.33. The number of likely N-dealkylation sites (tertiary alicyclic amines) is 1. The Labute approximate surface area is 102 Å². The topological polar surface area (TPSA) is 53.0 Å². The van der Waals surface area contributed by atoms with E-state index in [2.05, 4.69) is 4.90 Å². The number of nitrogens with zero attached hydrogens (tertiary/aromatic N) is 2. The summed E-state index contributed by atoms with van der Waals surface area (Å²) < 4.78 is 5.22. The van der Waals surface area contributed by atoms with Crippen LogP contribution in [0.1, 0.15) is 19.3 Å². The molecule has 0 bridgehead atoms. The van der Waals surface area contributed by atoms with Crippen LogP contribution >= 0.6 is 0 Å². The Morgan fingerprint density at radius 3 is 2.71 bits per heavy atom. The molecular formula is C12H22N2O3. The zero-order valence-electron chi connectivity index (χ0n) is 10.3. The van der Waals surface area contributed by atoms with Crippen LogP contribution < -0.4 is 0 Å². The molecule has 0 unspecified atom stereocenters. The molecule has 0 aromatic carbocycles. The second-order valence-electron chi connectivity index (χ2n) is 4.84. The van der Waals surface area contributed by atoms with Crippen molar-refractivity contribution in [3.8, 4) is 0 Å². The summed E-state index contributed by atoms with van der Waals surface area (Å²) in [4.78, 5) is 16.0. The van der Waals surface area contributed by atoms with Crippen molar-refractivity contribution in [3.63, 3.8) is 0 Å². The van der Waals surface area contributed by atoms with Crippen molar-refractivity contribution in [2.24, 2.45) is 0 Å². The third kappa shape index (κ3) is 3.94. The smallest absolute Gasteiger partial charge is 0.222 e. The summed E-state index contributed by atoms with van der Waals surface area (Å²) in [5.74, 6) is 0.244. The van der Waals surface area contributed by atoms with E-state index in [1.54, 1.807) is 0 Å². The minimum Gasteiger partial charge on any atom is -0.392 e. The summed E-state index contributed by atoms with van der Waals surface area (Å²) in [6.45, 7) is 5.47. The van der Waals surface area contributed by atoms with Crippen molar-refractivity contribution in [3.05, 3.63) is 0 Å². The minimum absolute atomic E-state index is 0.162. The normalized spacial score (nSPS) is 26.4. The molecule has 2 rings (SSSR count). The van der Waals surface area contributed by atoms with Gasteiger partial charge in [-0.05, 0) is 19.4 Å². The fourth-order valence-corrected chi connectivity index (χ4v) is 2.44. The number of amides is 1. The van der Waals surface area contributed by atoms with E-state index in [-0.39, 0.29) is 12.0 Å². The maximum absolute atomic E-state index is 11.8. The summed E-state index contributed by atoms with van der Waals surface area (Å²) in [5, 5.41) is 9.38. The van der Waals surface area contributed by atoms with E-state index in [0.717, 1.165) is 45.6 Å². The van der Waals surface area contributed by atoms with Crippen molar-refractivity contribution in [2.45, 2.75) is 25.4 Å². The third-order valence-electron chi connectivity index (χ3n) is 3.48. The lowest BCUT2D eigenvalue weighted by Gasteiger charge is -2.27. The van der Waals surface area contributed by atoms with Crippen LogP contribution in [0.5, 0.6) is 0 Å². The molecule has 1 atom stereocenters. The van der Waals surface area contributed by atoms with Gasteiger partial charge in [0.15, 0.2) is 0 Å². The maximum atomic E-state index is 11.8. The number of carbonyl (C=O) groups is 1. The van der Waals surface area contributed by atoms with Gasteiger partial charge in [-0.1, -0.05) is 0 Å². The summed E-state index contributed by atoms with van der Waals surface area (Å²) in [5.41, 5.74) is 0. The molecule has 5 heteroatoms. The van der Waals surface area contributed by atoms with Gasteiger partial charge < -0.3 is 19.6 Å². The van der Waals surface area contributed by atoms with Gasteiger partial charge in [-0.3, -0.25) is 4.79 Å². The maximum Gasteiger partial charge on any atom is 0.222 e. The first kappa shape index (κ1) is 12.8. The van der Waals surface area contributed by atoms with Gasteiger partial charge >= 0.3 is 0 Å². The lowest BCUT2D eigenvalue weighted by atomic mass is 10.2. The van der Waals surface area contributed by atoms with Crippen molar-refractivity contribution in [2.75, 3.05) is 45.9 Å². The highest BCUT2D eigenvalue weighted by molar-refractivity contribution is 5.76. The molecule has 0 aliphatic carbocycles. The van der Waals surface area contributed by atoms with Crippen molar-refractivity contribution in [1.82, 2.24) is 9.80 Å². The standard InChI is InChI=1S/C12H22N2O3/c15-11-3-5-13(10-11)4-1-2-12(16)14-6-8-17-9-7-14/h11,15H,1-10H2/t11-/m1/s1. The molecule has 98 valence electrons. The van der Waals surface area contributed by atoms with Gasteiger partial charge in [0.25, 0.3) is 0 Å². The van der Waals surface area contributed by atoms with E-state index in [4.69, 9.17) is 4.74 Å². The number of hydrogen-bond donors (Lipinski definition) is 1. The van der Waals surface area contributed by atoms with Gasteiger partial charge in [-0.25, -0.2) is 0 Å². The quantitative estimate of drug-likeness (QED) is 0.735. The third-order valence-corrected chi connectivity index (χ3v) is 3.48. The summed E-state index contributed by atoms with van der Waals surface area (Å²) >= 11 is 0. The Bertz CT molecular complexity index is 254. The van der Waals surface area contributed by atoms with Gasteiger partial charge in [0, 0.05) is 32.6 Å². The first-order valence-corrected chi connectivity index (χ1v) is 6.51. The monoisotopic (exact) mass is 242 g/mol. The molecule has 2 saturated heterocycles. The molecule has 2 aliphatic rings. The lowest BCUT2D eigenvalue weighted by molar-refractivity contribution is -0.135. The first-order valence-electron chi connectivity index (χ1n) is 6.51. The second-order valence-corrected chi connectivity index (χ2v) is 4.84. The fourth-order valence-electron chi connectivity index (χ4n) is 2.44. The predicted octanol–water partition coefficient (Wildman–Crippen LogP) is -0.308. The van der Waals surface area contributed by atoms with E-state index in [1.807, 2.05) is 4.90 Å². The van der Waals surface area contributed by atoms with Crippen LogP contribution in [-0.4, -0.2) is 72.9 Å². The van der Waals surface area contributed by atoms with Gasteiger partial charge in [-0.15, -0.1) is 0 Å². The number of carbonyl (C=O) groups excluding carboxylic acids is 1. The zero-order valence-corrected chi connectivity index (χ0v) is 10.3. The van der Waals surface area contributed by atoms with E-state index in [9.17, 15) is 9.90 Å². The molecule has 0 aromatic rings. The van der Waals surface area contributed by atoms with E-state index in [1.165, 1.54) is 0 Å². The Morgan fingerprint density at radius 2 is 2.06 bits per heavy atom. The van der Waals surface area contributed by atoms with Gasteiger partial charge in [0.1, 0.15) is 0 Å². The van der Waals surface area contributed by atoms with E-state index >= 15 is 0 Å². The van der Waals surface area contributed by atoms with Crippen molar-refractivity contribution in [1.29, 1.82) is 0 Å². The van der Waals surface area contributed by atoms with Crippen LogP contribution in [0.25, 0.3) is 0 Å². The van der Waals surface area contributed by atoms with Crippen LogP contribution in [0.4, 0.5) is 0 Å². The highest BCUT2D eigenvalue weighted by Crippen LogP contribution is 2.10. The van der Waals surface area contributed by atoms with Crippen LogP contribution in [0.3, 0.4) is 0 Å². The number of hydrogen-bond acceptors (Lipinski definition) is 4. The molecule has 5 nitrogen and oxygen atoms in total. The van der Waals surface area contributed by atoms with Crippen LogP contribution in [-0.2, 0) is 9.53 Å². The number of ether oxygens (including phenoxy) is 1. The number of aliphatic hydroxyl groups excluding tert-OH is 1. The van der Waals surface area contributed by atoms with E-state index in [0.29, 0.717) is 19.6 Å². The number of β-amino-alcohol motifs (C(OH)–C–C–N with tert-alkyl or cyclic N) is 1. The molecule has 0 saturated carbocycles.